The number of ether oxygens (including phenoxy) is 2. The van der Waals surface area contributed by atoms with Crippen LogP contribution in [0.4, 0.5) is 13.2 Å². The molecule has 1 fully saturated rings. The average Bonchev–Trinajstić information content (AvgIpc) is 2.59. The molecule has 0 radical (unpaired) electrons. The lowest BCUT2D eigenvalue weighted by Crippen LogP contribution is -2.36. The van der Waals surface area contributed by atoms with E-state index in [1.54, 1.807) is 13.8 Å². The van der Waals surface area contributed by atoms with E-state index in [1.807, 2.05) is 0 Å². The summed E-state index contributed by atoms with van der Waals surface area (Å²) < 4.78 is 44.7. The van der Waals surface area contributed by atoms with Crippen molar-refractivity contribution < 1.29 is 27.4 Å². The van der Waals surface area contributed by atoms with Gasteiger partial charge in [-0.3, -0.25) is 0 Å². The average molecular weight is 212 g/mol. The van der Waals surface area contributed by atoms with Crippen LogP contribution in [-0.4, -0.2) is 30.0 Å². The molecule has 3 nitrogen and oxygen atoms in total. The van der Waals surface area contributed by atoms with Crippen molar-refractivity contribution in [3.8, 4) is 0 Å². The number of alkyl halides is 3. The van der Waals surface area contributed by atoms with Crippen LogP contribution in [0.5, 0.6) is 0 Å². The molecule has 0 N–H and O–H groups in total. The summed E-state index contributed by atoms with van der Waals surface area (Å²) in [6, 6.07) is 0. The first-order valence-corrected chi connectivity index (χ1v) is 4.13. The molecule has 82 valence electrons. The lowest BCUT2D eigenvalue weighted by Gasteiger charge is -2.17. The summed E-state index contributed by atoms with van der Waals surface area (Å²) >= 11 is 0. The number of hydrogen-bond acceptors (Lipinski definition) is 3. The molecule has 1 aliphatic rings. The molecule has 14 heavy (non-hydrogen) atoms. The highest BCUT2D eigenvalue weighted by atomic mass is 19.4. The number of hydrogen-bond donors (Lipinski definition) is 0. The number of carbonyl (C=O) groups excluding carboxylic acids is 1. The van der Waals surface area contributed by atoms with Crippen LogP contribution in [0.3, 0.4) is 0 Å². The Hall–Kier alpha value is -0.780. The van der Waals surface area contributed by atoms with Crippen molar-refractivity contribution in [1.29, 1.82) is 0 Å². The van der Waals surface area contributed by atoms with E-state index in [9.17, 15) is 18.0 Å². The molecule has 1 aliphatic heterocycles. The number of rotatable bonds is 2. The third-order valence-electron chi connectivity index (χ3n) is 2.50. The molecule has 3 atom stereocenters. The predicted molar refractivity (Wildman–Crippen MR) is 40.6 cm³/mol. The minimum atomic E-state index is -4.94. The van der Waals surface area contributed by atoms with E-state index >= 15 is 0 Å². The van der Waals surface area contributed by atoms with Crippen LogP contribution < -0.4 is 0 Å². The highest BCUT2D eigenvalue weighted by Gasteiger charge is 2.56. The van der Waals surface area contributed by atoms with Crippen LogP contribution in [0.25, 0.3) is 0 Å². The molecule has 1 saturated heterocycles. The molecular weight excluding hydrogens is 201 g/mol. The summed E-state index contributed by atoms with van der Waals surface area (Å²) in [5.41, 5.74) is -0.777. The monoisotopic (exact) mass is 212 g/mol. The Bertz CT molecular complexity index is 251. The Morgan fingerprint density at radius 3 is 2.29 bits per heavy atom. The zero-order valence-corrected chi connectivity index (χ0v) is 8.01. The lowest BCUT2D eigenvalue weighted by atomic mass is 10.0. The van der Waals surface area contributed by atoms with E-state index in [2.05, 4.69) is 4.74 Å². The maximum atomic E-state index is 11.8. The first-order chi connectivity index (χ1) is 6.18. The van der Waals surface area contributed by atoms with Crippen molar-refractivity contribution in [2.24, 2.45) is 0 Å². The van der Waals surface area contributed by atoms with E-state index in [0.717, 1.165) is 0 Å². The van der Waals surface area contributed by atoms with E-state index in [-0.39, 0.29) is 6.10 Å². The maximum absolute atomic E-state index is 11.8. The molecule has 0 aromatic carbocycles. The minimum absolute atomic E-state index is 0.182. The van der Waals surface area contributed by atoms with Crippen molar-refractivity contribution in [1.82, 2.24) is 0 Å². The molecule has 0 aliphatic carbocycles. The molecule has 0 bridgehead atoms. The highest BCUT2D eigenvalue weighted by Crippen LogP contribution is 2.40. The van der Waals surface area contributed by atoms with Crippen molar-refractivity contribution in [2.45, 2.75) is 44.8 Å². The Balaban J connectivity index is 2.50. The molecule has 6 heteroatoms. The van der Waals surface area contributed by atoms with Gasteiger partial charge in [0, 0.05) is 0 Å². The van der Waals surface area contributed by atoms with Gasteiger partial charge in [0.1, 0.15) is 11.7 Å². The Kier molecular flexibility index (Phi) is 2.51. The third-order valence-corrected chi connectivity index (χ3v) is 2.50. The smallest absolute Gasteiger partial charge is 0.453 e. The van der Waals surface area contributed by atoms with Gasteiger partial charge < -0.3 is 9.47 Å². The Labute approximate surface area is 79.2 Å². The molecular formula is C8H11F3O3. The summed E-state index contributed by atoms with van der Waals surface area (Å²) in [6.07, 6.45) is -6.02. The fourth-order valence-corrected chi connectivity index (χ4v) is 1.12. The fourth-order valence-electron chi connectivity index (χ4n) is 1.12. The first kappa shape index (κ1) is 11.3. The molecule has 0 saturated carbocycles. The van der Waals surface area contributed by atoms with Crippen LogP contribution in [0.2, 0.25) is 0 Å². The van der Waals surface area contributed by atoms with E-state index < -0.39 is 23.9 Å². The van der Waals surface area contributed by atoms with Gasteiger partial charge in [0.15, 0.2) is 0 Å². The quantitative estimate of drug-likeness (QED) is 0.516. The molecule has 1 rings (SSSR count). The first-order valence-electron chi connectivity index (χ1n) is 4.13. The predicted octanol–water partition coefficient (Wildman–Crippen LogP) is 1.66. The van der Waals surface area contributed by atoms with Gasteiger partial charge >= 0.3 is 12.1 Å². The number of epoxide rings is 1. The summed E-state index contributed by atoms with van der Waals surface area (Å²) in [7, 11) is 0. The van der Waals surface area contributed by atoms with Crippen LogP contribution in [0.1, 0.15) is 20.8 Å². The normalized spacial score (nSPS) is 33.7. The fraction of sp³-hybridized carbons (Fsp3) is 0.875. The van der Waals surface area contributed by atoms with E-state index in [1.165, 1.54) is 6.92 Å². The van der Waals surface area contributed by atoms with E-state index in [0.29, 0.717) is 0 Å². The van der Waals surface area contributed by atoms with Gasteiger partial charge in [0.25, 0.3) is 0 Å². The SMILES string of the molecule is C[C@@H](OC(=O)C(F)(F)F)[C@]1(C)O[C@@H]1C. The molecule has 0 aromatic rings. The van der Waals surface area contributed by atoms with Crippen LogP contribution in [-0.2, 0) is 14.3 Å². The molecule has 0 aromatic heterocycles. The summed E-state index contributed by atoms with van der Waals surface area (Å²) in [5.74, 6) is -2.17. The second-order valence-electron chi connectivity index (χ2n) is 3.49. The van der Waals surface area contributed by atoms with Crippen LogP contribution in [0, 0.1) is 0 Å². The van der Waals surface area contributed by atoms with Crippen molar-refractivity contribution >= 4 is 5.97 Å². The zero-order chi connectivity index (χ0) is 11.1. The van der Waals surface area contributed by atoms with Crippen molar-refractivity contribution in [3.63, 3.8) is 0 Å². The van der Waals surface area contributed by atoms with Crippen LogP contribution >= 0.6 is 0 Å². The summed E-state index contributed by atoms with van der Waals surface area (Å²) in [6.45, 7) is 4.69. The number of carbonyl (C=O) groups is 1. The maximum Gasteiger partial charge on any atom is 0.490 e. The Morgan fingerprint density at radius 2 is 2.00 bits per heavy atom. The molecule has 0 spiro atoms. The third kappa shape index (κ3) is 2.00. The van der Waals surface area contributed by atoms with Gasteiger partial charge in [0.2, 0.25) is 0 Å². The highest BCUT2D eigenvalue weighted by molar-refractivity contribution is 5.75. The summed E-state index contributed by atoms with van der Waals surface area (Å²) in [5, 5.41) is 0. The number of halogens is 3. The second-order valence-corrected chi connectivity index (χ2v) is 3.49. The topological polar surface area (TPSA) is 38.8 Å². The zero-order valence-electron chi connectivity index (χ0n) is 8.01. The minimum Gasteiger partial charge on any atom is -0.453 e. The standard InChI is InChI=1S/C8H11F3O3/c1-4(7(3)5(2)14-7)13-6(12)8(9,10)11/h4-5H,1-3H3/t4-,5-,7+/m1/s1. The van der Waals surface area contributed by atoms with Gasteiger partial charge in [-0.2, -0.15) is 13.2 Å². The summed E-state index contributed by atoms with van der Waals surface area (Å²) in [4.78, 5) is 10.5. The van der Waals surface area contributed by atoms with E-state index in [4.69, 9.17) is 4.74 Å². The van der Waals surface area contributed by atoms with Gasteiger partial charge in [0.05, 0.1) is 6.10 Å². The largest absolute Gasteiger partial charge is 0.490 e. The molecule has 0 amide bonds. The van der Waals surface area contributed by atoms with Gasteiger partial charge in [-0.1, -0.05) is 0 Å². The van der Waals surface area contributed by atoms with Crippen molar-refractivity contribution in [2.75, 3.05) is 0 Å². The second kappa shape index (κ2) is 3.12. The van der Waals surface area contributed by atoms with Gasteiger partial charge in [-0.25, -0.2) is 4.79 Å². The molecule has 0 unspecified atom stereocenters. The van der Waals surface area contributed by atoms with Gasteiger partial charge in [-0.15, -0.1) is 0 Å². The number of esters is 1. The van der Waals surface area contributed by atoms with Crippen molar-refractivity contribution in [3.05, 3.63) is 0 Å². The van der Waals surface area contributed by atoms with Crippen LogP contribution in [0.15, 0.2) is 0 Å². The van der Waals surface area contributed by atoms with Gasteiger partial charge in [-0.05, 0) is 20.8 Å². The Morgan fingerprint density at radius 1 is 1.57 bits per heavy atom. The lowest BCUT2D eigenvalue weighted by molar-refractivity contribution is -0.206. The molecule has 1 heterocycles.